The molecular weight excluding hydrogens is 302 g/mol. The molecule has 9 heteroatoms. The van der Waals surface area contributed by atoms with Crippen molar-refractivity contribution in [2.24, 2.45) is 5.10 Å². The van der Waals surface area contributed by atoms with Crippen LogP contribution >= 0.6 is 0 Å². The number of pyridine rings is 1. The molecule has 0 radical (unpaired) electrons. The first-order valence-corrected chi connectivity index (χ1v) is 6.57. The number of hydrogen-bond acceptors (Lipinski definition) is 6. The van der Waals surface area contributed by atoms with E-state index in [1.807, 2.05) is 6.07 Å². The van der Waals surface area contributed by atoms with Gasteiger partial charge in [-0.15, -0.1) is 0 Å². The largest absolute Gasteiger partial charge is 0.433 e. The van der Waals surface area contributed by atoms with E-state index in [1.54, 1.807) is 29.7 Å². The Morgan fingerprint density at radius 3 is 3.00 bits per heavy atom. The second kappa shape index (κ2) is 5.72. The lowest BCUT2D eigenvalue weighted by Gasteiger charge is -2.00. The monoisotopic (exact) mass is 313 g/mol. The zero-order valence-electron chi connectivity index (χ0n) is 12.0. The fraction of sp³-hybridized carbons (Fsp3) is 0.0714. The second-order valence-electron chi connectivity index (χ2n) is 4.61. The molecule has 0 aromatic carbocycles. The van der Waals surface area contributed by atoms with Crippen molar-refractivity contribution in [2.45, 2.75) is 6.92 Å². The number of fused-ring (bicyclic) bond motifs is 1. The minimum absolute atomic E-state index is 0.159. The van der Waals surface area contributed by atoms with Crippen LogP contribution in [0, 0.1) is 17.0 Å². The van der Waals surface area contributed by atoms with Crippen LogP contribution in [0.25, 0.3) is 5.65 Å². The molecule has 3 aromatic rings. The van der Waals surface area contributed by atoms with Gasteiger partial charge in [-0.3, -0.25) is 19.3 Å². The van der Waals surface area contributed by atoms with Crippen LogP contribution in [-0.4, -0.2) is 26.4 Å². The minimum Gasteiger partial charge on any atom is -0.400 e. The summed E-state index contributed by atoms with van der Waals surface area (Å²) in [5.41, 5.74) is 3.93. The lowest BCUT2D eigenvalue weighted by Crippen LogP contribution is -2.20. The molecule has 0 fully saturated rings. The van der Waals surface area contributed by atoms with Crippen molar-refractivity contribution in [2.75, 3.05) is 0 Å². The summed E-state index contributed by atoms with van der Waals surface area (Å²) >= 11 is 0. The maximum absolute atomic E-state index is 12.2. The highest BCUT2D eigenvalue weighted by atomic mass is 16.6. The summed E-state index contributed by atoms with van der Waals surface area (Å²) in [5, 5.41) is 14.2. The normalized spacial score (nSPS) is 11.2. The van der Waals surface area contributed by atoms with Crippen LogP contribution < -0.4 is 5.43 Å². The first-order valence-electron chi connectivity index (χ1n) is 6.57. The number of nitrogens with one attached hydrogen (secondary N) is 1. The predicted octanol–water partition coefficient (Wildman–Crippen LogP) is 1.91. The molecule has 116 valence electrons. The quantitative estimate of drug-likeness (QED) is 0.449. The van der Waals surface area contributed by atoms with Gasteiger partial charge in [-0.2, -0.15) is 5.10 Å². The Kier molecular flexibility index (Phi) is 3.59. The molecule has 0 saturated heterocycles. The molecule has 0 aliphatic heterocycles. The number of hydrazone groups is 1. The van der Waals surface area contributed by atoms with Gasteiger partial charge < -0.3 is 4.42 Å². The molecule has 0 bridgehead atoms. The van der Waals surface area contributed by atoms with Crippen LogP contribution in [0.15, 0.2) is 46.0 Å². The topological polar surface area (TPSA) is 115 Å². The molecule has 0 aliphatic carbocycles. The van der Waals surface area contributed by atoms with E-state index in [9.17, 15) is 14.9 Å². The van der Waals surface area contributed by atoms with E-state index in [-0.39, 0.29) is 5.76 Å². The van der Waals surface area contributed by atoms with Gasteiger partial charge >= 0.3 is 5.88 Å². The number of hydrogen-bond donors (Lipinski definition) is 1. The average Bonchev–Trinajstić information content (AvgIpc) is 3.10. The Labute approximate surface area is 129 Å². The molecular formula is C14H11N5O4. The first kappa shape index (κ1) is 14.4. The Balaban J connectivity index is 1.77. The number of carbonyl (C=O) groups excluding carboxylic acids is 1. The summed E-state index contributed by atoms with van der Waals surface area (Å²) in [4.78, 5) is 26.3. The van der Waals surface area contributed by atoms with Gasteiger partial charge in [0.25, 0.3) is 5.91 Å². The summed E-state index contributed by atoms with van der Waals surface area (Å²) in [6, 6.07) is 7.99. The zero-order chi connectivity index (χ0) is 16.4. The second-order valence-corrected chi connectivity index (χ2v) is 4.61. The summed E-state index contributed by atoms with van der Waals surface area (Å²) in [6.45, 7) is 1.72. The molecule has 0 atom stereocenters. The fourth-order valence-electron chi connectivity index (χ4n) is 2.10. The van der Waals surface area contributed by atoms with E-state index in [4.69, 9.17) is 4.42 Å². The van der Waals surface area contributed by atoms with Crippen LogP contribution in [0.2, 0.25) is 0 Å². The third kappa shape index (κ3) is 2.79. The van der Waals surface area contributed by atoms with Gasteiger partial charge in [0.05, 0.1) is 18.0 Å². The zero-order valence-corrected chi connectivity index (χ0v) is 12.0. The number of nitrogens with zero attached hydrogens (tertiary/aromatic N) is 4. The van der Waals surface area contributed by atoms with Crippen molar-refractivity contribution in [3.8, 4) is 0 Å². The Hall–Kier alpha value is -3.49. The highest BCUT2D eigenvalue weighted by Crippen LogP contribution is 2.14. The van der Waals surface area contributed by atoms with E-state index in [2.05, 4.69) is 15.5 Å². The van der Waals surface area contributed by atoms with Crippen molar-refractivity contribution in [3.05, 3.63) is 63.8 Å². The number of amides is 1. The molecule has 3 rings (SSSR count). The number of rotatable bonds is 4. The van der Waals surface area contributed by atoms with Crippen molar-refractivity contribution in [1.82, 2.24) is 14.8 Å². The van der Waals surface area contributed by atoms with Crippen LogP contribution in [0.3, 0.4) is 0 Å². The number of imidazole rings is 1. The van der Waals surface area contributed by atoms with Gasteiger partial charge in [0, 0.05) is 6.20 Å². The number of aromatic nitrogens is 2. The van der Waals surface area contributed by atoms with Gasteiger partial charge in [-0.1, -0.05) is 6.07 Å². The standard InChI is InChI=1S/C14H11N5O4/c1-9-13(18-7-3-2-4-11(18)16-9)14(20)17-15-8-10-5-6-12(23-10)19(21)22/h2-8H,1H3,(H,17,20). The van der Waals surface area contributed by atoms with Crippen LogP contribution in [0.1, 0.15) is 21.9 Å². The molecule has 0 saturated carbocycles. The number of nitro groups is 1. The Morgan fingerprint density at radius 1 is 1.43 bits per heavy atom. The highest BCUT2D eigenvalue weighted by Gasteiger charge is 2.15. The van der Waals surface area contributed by atoms with Gasteiger partial charge in [-0.25, -0.2) is 10.4 Å². The van der Waals surface area contributed by atoms with E-state index in [0.717, 1.165) is 0 Å². The van der Waals surface area contributed by atoms with E-state index in [0.29, 0.717) is 17.0 Å². The van der Waals surface area contributed by atoms with Gasteiger partial charge in [0.2, 0.25) is 0 Å². The molecule has 1 amide bonds. The molecule has 3 aromatic heterocycles. The summed E-state index contributed by atoms with van der Waals surface area (Å²) in [6.07, 6.45) is 2.91. The maximum atomic E-state index is 12.2. The van der Waals surface area contributed by atoms with Crippen molar-refractivity contribution in [3.63, 3.8) is 0 Å². The van der Waals surface area contributed by atoms with Crippen molar-refractivity contribution < 1.29 is 14.1 Å². The molecule has 0 spiro atoms. The lowest BCUT2D eigenvalue weighted by atomic mass is 10.3. The third-order valence-corrected chi connectivity index (χ3v) is 3.07. The predicted molar refractivity (Wildman–Crippen MR) is 80.4 cm³/mol. The Morgan fingerprint density at radius 2 is 2.26 bits per heavy atom. The van der Waals surface area contributed by atoms with Crippen molar-refractivity contribution >= 4 is 23.7 Å². The van der Waals surface area contributed by atoms with E-state index in [1.165, 1.54) is 18.3 Å². The first-order chi connectivity index (χ1) is 11.1. The van der Waals surface area contributed by atoms with Crippen molar-refractivity contribution in [1.29, 1.82) is 0 Å². The smallest absolute Gasteiger partial charge is 0.400 e. The van der Waals surface area contributed by atoms with Crippen LogP contribution in [0.4, 0.5) is 5.88 Å². The van der Waals surface area contributed by atoms with Gasteiger partial charge in [0.1, 0.15) is 16.3 Å². The van der Waals surface area contributed by atoms with Gasteiger partial charge in [0.15, 0.2) is 5.76 Å². The highest BCUT2D eigenvalue weighted by molar-refractivity contribution is 5.95. The van der Waals surface area contributed by atoms with Crippen LogP contribution in [0.5, 0.6) is 0 Å². The summed E-state index contributed by atoms with van der Waals surface area (Å²) in [5.74, 6) is -0.680. The van der Waals surface area contributed by atoms with E-state index >= 15 is 0 Å². The summed E-state index contributed by atoms with van der Waals surface area (Å²) in [7, 11) is 0. The summed E-state index contributed by atoms with van der Waals surface area (Å²) < 4.78 is 6.55. The SMILES string of the molecule is Cc1nc2ccccn2c1C(=O)NN=Cc1ccc([N+](=O)[O-])o1. The van der Waals surface area contributed by atoms with Gasteiger partial charge in [-0.05, 0) is 25.1 Å². The Bertz CT molecular complexity index is 924. The number of aryl methyl sites for hydroxylation is 1. The molecule has 0 aliphatic rings. The number of carbonyl (C=O) groups is 1. The number of furan rings is 1. The third-order valence-electron chi connectivity index (χ3n) is 3.07. The molecule has 9 nitrogen and oxygen atoms in total. The fourth-order valence-corrected chi connectivity index (χ4v) is 2.10. The molecule has 0 unspecified atom stereocenters. The molecule has 1 N–H and O–H groups in total. The van der Waals surface area contributed by atoms with E-state index < -0.39 is 16.7 Å². The maximum Gasteiger partial charge on any atom is 0.433 e. The lowest BCUT2D eigenvalue weighted by molar-refractivity contribution is -0.402. The molecule has 3 heterocycles. The van der Waals surface area contributed by atoms with Crippen LogP contribution in [-0.2, 0) is 0 Å². The minimum atomic E-state index is -0.655. The average molecular weight is 313 g/mol. The molecule has 23 heavy (non-hydrogen) atoms.